The molecule has 0 radical (unpaired) electrons. The first-order valence-corrected chi connectivity index (χ1v) is 4.72. The molecule has 0 aromatic rings. The van der Waals surface area contributed by atoms with Crippen molar-refractivity contribution in [1.29, 1.82) is 0 Å². The summed E-state index contributed by atoms with van der Waals surface area (Å²) in [6.45, 7) is 7.53. The van der Waals surface area contributed by atoms with E-state index in [2.05, 4.69) is 13.5 Å². The zero-order valence-corrected chi connectivity index (χ0v) is 7.79. The largest absolute Gasteiger partial charge is 0.378 e. The predicted octanol–water partition coefficient (Wildman–Crippen LogP) is 2.15. The molecule has 2 nitrogen and oxygen atoms in total. The van der Waals surface area contributed by atoms with Crippen molar-refractivity contribution >= 4 is 0 Å². The van der Waals surface area contributed by atoms with Gasteiger partial charge in [0.15, 0.2) is 0 Å². The third-order valence-corrected chi connectivity index (χ3v) is 2.09. The lowest BCUT2D eigenvalue weighted by Gasteiger charge is -2.27. The van der Waals surface area contributed by atoms with Crippen molar-refractivity contribution in [2.24, 2.45) is 0 Å². The predicted molar refractivity (Wildman–Crippen MR) is 49.2 cm³/mol. The summed E-state index contributed by atoms with van der Waals surface area (Å²) in [6.07, 6.45) is 5.56. The molecule has 0 aromatic carbocycles. The van der Waals surface area contributed by atoms with E-state index in [1.807, 2.05) is 6.08 Å². The van der Waals surface area contributed by atoms with Crippen molar-refractivity contribution in [1.82, 2.24) is 0 Å². The molecular weight excluding hydrogens is 152 g/mol. The van der Waals surface area contributed by atoms with Gasteiger partial charge in [-0.15, -0.1) is 6.58 Å². The number of ether oxygens (including phenoxy) is 2. The quantitative estimate of drug-likeness (QED) is 0.602. The second kappa shape index (κ2) is 5.33. The second-order valence-corrected chi connectivity index (χ2v) is 3.16. The SMILES string of the molecule is C=CC1CC(OCCC)CCO1. The van der Waals surface area contributed by atoms with Gasteiger partial charge in [-0.3, -0.25) is 0 Å². The fourth-order valence-electron chi connectivity index (χ4n) is 1.40. The van der Waals surface area contributed by atoms with E-state index in [-0.39, 0.29) is 6.10 Å². The van der Waals surface area contributed by atoms with Crippen LogP contribution >= 0.6 is 0 Å². The van der Waals surface area contributed by atoms with Crippen LogP contribution in [0.4, 0.5) is 0 Å². The highest BCUT2D eigenvalue weighted by Crippen LogP contribution is 2.17. The molecule has 2 unspecified atom stereocenters. The Morgan fingerprint density at radius 3 is 3.17 bits per heavy atom. The van der Waals surface area contributed by atoms with Gasteiger partial charge >= 0.3 is 0 Å². The van der Waals surface area contributed by atoms with E-state index in [4.69, 9.17) is 9.47 Å². The topological polar surface area (TPSA) is 18.5 Å². The maximum Gasteiger partial charge on any atom is 0.0777 e. The van der Waals surface area contributed by atoms with Crippen molar-refractivity contribution in [2.45, 2.75) is 38.4 Å². The van der Waals surface area contributed by atoms with Crippen molar-refractivity contribution < 1.29 is 9.47 Å². The zero-order chi connectivity index (χ0) is 8.81. The molecule has 1 fully saturated rings. The minimum absolute atomic E-state index is 0.209. The first kappa shape index (κ1) is 9.75. The molecule has 1 heterocycles. The van der Waals surface area contributed by atoms with Crippen molar-refractivity contribution in [3.8, 4) is 0 Å². The zero-order valence-electron chi connectivity index (χ0n) is 7.79. The minimum atomic E-state index is 0.209. The van der Waals surface area contributed by atoms with Crippen LogP contribution < -0.4 is 0 Å². The Morgan fingerprint density at radius 2 is 2.50 bits per heavy atom. The summed E-state index contributed by atoms with van der Waals surface area (Å²) < 4.78 is 11.1. The third kappa shape index (κ3) is 2.95. The lowest BCUT2D eigenvalue weighted by molar-refractivity contribution is -0.0557. The molecule has 70 valence electrons. The molecule has 0 aromatic heterocycles. The van der Waals surface area contributed by atoms with Gasteiger partial charge in [-0.05, 0) is 12.8 Å². The molecule has 2 heteroatoms. The molecule has 1 aliphatic heterocycles. The van der Waals surface area contributed by atoms with Gasteiger partial charge in [-0.1, -0.05) is 13.0 Å². The van der Waals surface area contributed by atoms with Crippen LogP contribution in [-0.2, 0) is 9.47 Å². The van der Waals surface area contributed by atoms with Crippen molar-refractivity contribution in [3.63, 3.8) is 0 Å². The molecule has 12 heavy (non-hydrogen) atoms. The summed E-state index contributed by atoms with van der Waals surface area (Å²) >= 11 is 0. The van der Waals surface area contributed by atoms with Gasteiger partial charge in [0, 0.05) is 19.6 Å². The normalized spacial score (nSPS) is 30.1. The van der Waals surface area contributed by atoms with Gasteiger partial charge in [0.05, 0.1) is 12.2 Å². The van der Waals surface area contributed by atoms with Crippen LogP contribution in [0, 0.1) is 0 Å². The van der Waals surface area contributed by atoms with Crippen LogP contribution in [0.15, 0.2) is 12.7 Å². The van der Waals surface area contributed by atoms with E-state index in [1.54, 1.807) is 0 Å². The molecule has 2 atom stereocenters. The molecule has 0 aliphatic carbocycles. The van der Waals surface area contributed by atoms with Gasteiger partial charge in [-0.25, -0.2) is 0 Å². The van der Waals surface area contributed by atoms with Gasteiger partial charge < -0.3 is 9.47 Å². The Hall–Kier alpha value is -0.340. The highest BCUT2D eigenvalue weighted by atomic mass is 16.5. The van der Waals surface area contributed by atoms with Crippen LogP contribution in [0.3, 0.4) is 0 Å². The number of hydrogen-bond acceptors (Lipinski definition) is 2. The van der Waals surface area contributed by atoms with Gasteiger partial charge in [0.2, 0.25) is 0 Å². The lowest BCUT2D eigenvalue weighted by Crippen LogP contribution is -2.29. The van der Waals surface area contributed by atoms with Crippen LogP contribution in [0.1, 0.15) is 26.2 Å². The van der Waals surface area contributed by atoms with Crippen molar-refractivity contribution in [2.75, 3.05) is 13.2 Å². The average Bonchev–Trinajstić information content (AvgIpc) is 2.15. The summed E-state index contributed by atoms with van der Waals surface area (Å²) in [4.78, 5) is 0. The van der Waals surface area contributed by atoms with E-state index >= 15 is 0 Å². The van der Waals surface area contributed by atoms with E-state index in [0.29, 0.717) is 6.10 Å². The van der Waals surface area contributed by atoms with Crippen LogP contribution in [0.2, 0.25) is 0 Å². The number of rotatable bonds is 4. The molecule has 1 aliphatic rings. The lowest BCUT2D eigenvalue weighted by atomic mass is 10.1. The van der Waals surface area contributed by atoms with E-state index in [9.17, 15) is 0 Å². The van der Waals surface area contributed by atoms with Crippen molar-refractivity contribution in [3.05, 3.63) is 12.7 Å². The monoisotopic (exact) mass is 170 g/mol. The molecule has 1 rings (SSSR count). The number of hydrogen-bond donors (Lipinski definition) is 0. The Balaban J connectivity index is 2.20. The molecule has 0 spiro atoms. The minimum Gasteiger partial charge on any atom is -0.378 e. The summed E-state index contributed by atoms with van der Waals surface area (Å²) in [5.74, 6) is 0. The fraction of sp³-hybridized carbons (Fsp3) is 0.800. The highest BCUT2D eigenvalue weighted by molar-refractivity contribution is 4.85. The molecule has 0 saturated carbocycles. The summed E-state index contributed by atoms with van der Waals surface area (Å²) in [5.41, 5.74) is 0. The summed E-state index contributed by atoms with van der Waals surface area (Å²) in [7, 11) is 0. The van der Waals surface area contributed by atoms with Gasteiger partial charge in [0.1, 0.15) is 0 Å². The highest BCUT2D eigenvalue weighted by Gasteiger charge is 2.20. The Morgan fingerprint density at radius 1 is 1.67 bits per heavy atom. The third-order valence-electron chi connectivity index (χ3n) is 2.09. The van der Waals surface area contributed by atoms with Crippen LogP contribution in [0.5, 0.6) is 0 Å². The standard InChI is InChI=1S/C10H18O2/c1-3-6-11-10-5-7-12-9(4-2)8-10/h4,9-10H,2-3,5-8H2,1H3. The molecule has 0 N–H and O–H groups in total. The molecule has 0 amide bonds. The Kier molecular flexibility index (Phi) is 4.33. The average molecular weight is 170 g/mol. The van der Waals surface area contributed by atoms with E-state index < -0.39 is 0 Å². The Bertz CT molecular complexity index is 134. The maximum absolute atomic E-state index is 5.64. The van der Waals surface area contributed by atoms with Crippen LogP contribution in [-0.4, -0.2) is 25.4 Å². The summed E-state index contributed by atoms with van der Waals surface area (Å²) in [6, 6.07) is 0. The molecule has 1 saturated heterocycles. The molecule has 0 bridgehead atoms. The smallest absolute Gasteiger partial charge is 0.0777 e. The fourth-order valence-corrected chi connectivity index (χ4v) is 1.40. The summed E-state index contributed by atoms with van der Waals surface area (Å²) in [5, 5.41) is 0. The van der Waals surface area contributed by atoms with Gasteiger partial charge in [-0.2, -0.15) is 0 Å². The van der Waals surface area contributed by atoms with Gasteiger partial charge in [0.25, 0.3) is 0 Å². The van der Waals surface area contributed by atoms with Crippen LogP contribution in [0.25, 0.3) is 0 Å². The molecular formula is C10H18O2. The van der Waals surface area contributed by atoms with E-state index in [1.165, 1.54) is 0 Å². The first-order valence-electron chi connectivity index (χ1n) is 4.72. The van der Waals surface area contributed by atoms with E-state index in [0.717, 1.165) is 32.5 Å². The Labute approximate surface area is 74.6 Å². The maximum atomic E-state index is 5.64. The first-order chi connectivity index (χ1) is 5.86. The second-order valence-electron chi connectivity index (χ2n) is 3.16.